The molecule has 0 radical (unpaired) electrons. The number of hydrogen-bond donors (Lipinski definition) is 1. The molecule has 146 valence electrons. The van der Waals surface area contributed by atoms with Gasteiger partial charge in [-0.2, -0.15) is 0 Å². The van der Waals surface area contributed by atoms with Crippen molar-refractivity contribution in [1.82, 2.24) is 9.88 Å². The molecule has 4 rings (SSSR count). The first kappa shape index (κ1) is 19.0. The topological polar surface area (TPSA) is 45.3 Å². The van der Waals surface area contributed by atoms with Gasteiger partial charge in [-0.1, -0.05) is 29.8 Å². The lowest BCUT2D eigenvalue weighted by atomic mass is 9.91. The summed E-state index contributed by atoms with van der Waals surface area (Å²) in [5, 5.41) is 2.44. The molecule has 0 amide bonds. The van der Waals surface area contributed by atoms with Gasteiger partial charge in [0, 0.05) is 29.2 Å². The summed E-state index contributed by atoms with van der Waals surface area (Å²) >= 11 is 6.30. The Morgan fingerprint density at radius 3 is 2.68 bits per heavy atom. The fraction of sp³-hybridized carbons (Fsp3) is 0.348. The van der Waals surface area contributed by atoms with E-state index < -0.39 is 0 Å². The van der Waals surface area contributed by atoms with Crippen LogP contribution in [0.2, 0.25) is 5.02 Å². The van der Waals surface area contributed by atoms with Crippen molar-refractivity contribution in [3.8, 4) is 5.75 Å². The van der Waals surface area contributed by atoms with Crippen LogP contribution in [-0.2, 0) is 6.54 Å². The summed E-state index contributed by atoms with van der Waals surface area (Å²) in [6, 6.07) is 16.2. The highest BCUT2D eigenvalue weighted by molar-refractivity contribution is 6.31. The number of benzene rings is 2. The van der Waals surface area contributed by atoms with E-state index in [1.807, 2.05) is 42.5 Å². The van der Waals surface area contributed by atoms with Gasteiger partial charge in [-0.15, -0.1) is 0 Å². The molecule has 1 N–H and O–H groups in total. The number of fused-ring (bicyclic) bond motifs is 1. The van der Waals surface area contributed by atoms with Crippen LogP contribution in [0.25, 0.3) is 10.8 Å². The summed E-state index contributed by atoms with van der Waals surface area (Å²) in [4.78, 5) is 16.9. The first-order valence-electron chi connectivity index (χ1n) is 9.82. The third-order valence-corrected chi connectivity index (χ3v) is 6.06. The highest BCUT2D eigenvalue weighted by Gasteiger charge is 2.25. The molecule has 0 atom stereocenters. The molecular weight excluding hydrogens is 372 g/mol. The maximum absolute atomic E-state index is 11.8. The van der Waals surface area contributed by atoms with Gasteiger partial charge < -0.3 is 9.72 Å². The minimum Gasteiger partial charge on any atom is -0.490 e. The third-order valence-electron chi connectivity index (χ3n) is 5.69. The molecule has 1 aromatic heterocycles. The number of H-pyrrole nitrogens is 1. The van der Waals surface area contributed by atoms with E-state index in [1.165, 1.54) is 5.56 Å². The van der Waals surface area contributed by atoms with Crippen LogP contribution in [0, 0.1) is 0 Å². The van der Waals surface area contributed by atoms with Crippen LogP contribution in [0.4, 0.5) is 0 Å². The van der Waals surface area contributed by atoms with Crippen molar-refractivity contribution in [2.75, 3.05) is 7.05 Å². The Morgan fingerprint density at radius 1 is 1.11 bits per heavy atom. The predicted molar refractivity (Wildman–Crippen MR) is 114 cm³/mol. The average molecular weight is 397 g/mol. The molecule has 1 aliphatic rings. The van der Waals surface area contributed by atoms with Crippen molar-refractivity contribution in [1.29, 1.82) is 0 Å². The molecule has 0 bridgehead atoms. The van der Waals surface area contributed by atoms with Crippen molar-refractivity contribution < 1.29 is 4.74 Å². The standard InChI is InChI=1S/C23H25ClN2O2/c1-26(15-17-4-2-3-5-22(17)24)18-6-8-19(9-7-18)28-20-10-11-21-16(14-20)12-13-25-23(21)27/h2-5,10-14,18-19H,6-9,15H2,1H3,(H,25,27). The predicted octanol–water partition coefficient (Wildman–Crippen LogP) is 5.00. The summed E-state index contributed by atoms with van der Waals surface area (Å²) in [7, 11) is 2.18. The third kappa shape index (κ3) is 4.23. The second-order valence-corrected chi connectivity index (χ2v) is 8.02. The quantitative estimate of drug-likeness (QED) is 0.659. The number of aromatic amines is 1. The van der Waals surface area contributed by atoms with Gasteiger partial charge in [0.25, 0.3) is 5.56 Å². The Kier molecular flexibility index (Phi) is 5.69. The van der Waals surface area contributed by atoms with E-state index in [1.54, 1.807) is 6.20 Å². The molecule has 1 saturated carbocycles. The smallest absolute Gasteiger partial charge is 0.255 e. The highest BCUT2D eigenvalue weighted by atomic mass is 35.5. The van der Waals surface area contributed by atoms with E-state index in [0.717, 1.165) is 48.4 Å². The van der Waals surface area contributed by atoms with Gasteiger partial charge in [-0.3, -0.25) is 9.69 Å². The van der Waals surface area contributed by atoms with Crippen molar-refractivity contribution in [3.05, 3.63) is 75.7 Å². The van der Waals surface area contributed by atoms with Crippen LogP contribution in [0.15, 0.2) is 59.5 Å². The second-order valence-electron chi connectivity index (χ2n) is 7.61. The number of ether oxygens (including phenoxy) is 1. The number of nitrogens with one attached hydrogen (secondary N) is 1. The Balaban J connectivity index is 1.34. The number of pyridine rings is 1. The fourth-order valence-electron chi connectivity index (χ4n) is 4.06. The molecule has 0 unspecified atom stereocenters. The van der Waals surface area contributed by atoms with Gasteiger partial charge >= 0.3 is 0 Å². The second kappa shape index (κ2) is 8.38. The molecule has 1 aliphatic carbocycles. The van der Waals surface area contributed by atoms with E-state index in [2.05, 4.69) is 23.0 Å². The SMILES string of the molecule is CN(Cc1ccccc1Cl)C1CCC(Oc2ccc3c(=O)[nH]ccc3c2)CC1. The van der Waals surface area contributed by atoms with Crippen molar-refractivity contribution >= 4 is 22.4 Å². The van der Waals surface area contributed by atoms with Crippen LogP contribution in [0.3, 0.4) is 0 Å². The lowest BCUT2D eigenvalue weighted by Crippen LogP contribution is -2.37. The van der Waals surface area contributed by atoms with Crippen LogP contribution in [-0.4, -0.2) is 29.1 Å². The van der Waals surface area contributed by atoms with Crippen LogP contribution >= 0.6 is 11.6 Å². The molecule has 5 heteroatoms. The first-order valence-corrected chi connectivity index (χ1v) is 10.2. The summed E-state index contributed by atoms with van der Waals surface area (Å²) in [5.74, 6) is 0.839. The summed E-state index contributed by atoms with van der Waals surface area (Å²) in [6.07, 6.45) is 6.19. The zero-order valence-electron chi connectivity index (χ0n) is 16.0. The molecule has 2 aromatic carbocycles. The van der Waals surface area contributed by atoms with Crippen molar-refractivity contribution in [2.45, 2.75) is 44.4 Å². The summed E-state index contributed by atoms with van der Waals surface area (Å²) in [5.41, 5.74) is 1.11. The molecule has 0 saturated heterocycles. The van der Waals surface area contributed by atoms with E-state index in [0.29, 0.717) is 11.4 Å². The van der Waals surface area contributed by atoms with E-state index >= 15 is 0 Å². The van der Waals surface area contributed by atoms with Crippen LogP contribution in [0.5, 0.6) is 5.75 Å². The van der Waals surface area contributed by atoms with Crippen molar-refractivity contribution in [3.63, 3.8) is 0 Å². The lowest BCUT2D eigenvalue weighted by molar-refractivity contribution is 0.0979. The summed E-state index contributed by atoms with van der Waals surface area (Å²) < 4.78 is 6.22. The van der Waals surface area contributed by atoms with Crippen LogP contribution in [0.1, 0.15) is 31.2 Å². The Morgan fingerprint density at radius 2 is 1.89 bits per heavy atom. The van der Waals surface area contributed by atoms with E-state index in [9.17, 15) is 4.79 Å². The monoisotopic (exact) mass is 396 g/mol. The Bertz CT molecular complexity index is 1010. The van der Waals surface area contributed by atoms with Gasteiger partial charge in [0.05, 0.1) is 6.10 Å². The van der Waals surface area contributed by atoms with E-state index in [4.69, 9.17) is 16.3 Å². The van der Waals surface area contributed by atoms with Gasteiger partial charge in [-0.25, -0.2) is 0 Å². The highest BCUT2D eigenvalue weighted by Crippen LogP contribution is 2.29. The minimum absolute atomic E-state index is 0.0638. The molecule has 3 aromatic rings. The number of hydrogen-bond acceptors (Lipinski definition) is 3. The normalized spacial score (nSPS) is 19.8. The average Bonchev–Trinajstić information content (AvgIpc) is 2.70. The van der Waals surface area contributed by atoms with Gasteiger partial charge in [-0.05, 0) is 74.0 Å². The molecule has 0 aliphatic heterocycles. The first-order chi connectivity index (χ1) is 13.6. The zero-order valence-corrected chi connectivity index (χ0v) is 16.8. The molecular formula is C23H25ClN2O2. The minimum atomic E-state index is -0.0638. The number of rotatable bonds is 5. The number of nitrogens with zero attached hydrogens (tertiary/aromatic N) is 1. The Labute approximate surface area is 170 Å². The lowest BCUT2D eigenvalue weighted by Gasteiger charge is -2.35. The molecule has 1 fully saturated rings. The maximum atomic E-state index is 11.8. The Hall–Kier alpha value is -2.30. The number of halogens is 1. The largest absolute Gasteiger partial charge is 0.490 e. The molecule has 4 nitrogen and oxygen atoms in total. The molecule has 0 spiro atoms. The van der Waals surface area contributed by atoms with Gasteiger partial charge in [0.1, 0.15) is 5.75 Å². The molecule has 28 heavy (non-hydrogen) atoms. The van der Waals surface area contributed by atoms with Gasteiger partial charge in [0.2, 0.25) is 0 Å². The maximum Gasteiger partial charge on any atom is 0.255 e. The molecule has 1 heterocycles. The summed E-state index contributed by atoms with van der Waals surface area (Å²) in [6.45, 7) is 0.870. The fourth-order valence-corrected chi connectivity index (χ4v) is 4.26. The van der Waals surface area contributed by atoms with Gasteiger partial charge in [0.15, 0.2) is 0 Å². The van der Waals surface area contributed by atoms with E-state index in [-0.39, 0.29) is 11.7 Å². The van der Waals surface area contributed by atoms with Crippen molar-refractivity contribution in [2.24, 2.45) is 0 Å². The zero-order chi connectivity index (χ0) is 19.5. The van der Waals surface area contributed by atoms with Crippen LogP contribution < -0.4 is 10.3 Å². The number of aromatic nitrogens is 1.